The molecule has 6 nitrogen and oxygen atoms in total. The molecule has 2 aliphatic rings. The highest BCUT2D eigenvalue weighted by molar-refractivity contribution is 5.53. The third kappa shape index (κ3) is 3.70. The minimum atomic E-state index is -0.133. The van der Waals surface area contributed by atoms with Crippen LogP contribution in [0, 0.1) is 5.82 Å². The van der Waals surface area contributed by atoms with Gasteiger partial charge in [0.1, 0.15) is 5.82 Å². The standard InChI is InChI=1S/C22H23FN6/c1-28-7-9-29(10-8-28)20-11-15(3-4-19(20)23)17-12-18(17)16-13-26-22(27-14-16)21-24-5-2-6-25-21/h2-6,11,13-14,17-18H,7-10,12H2,1H3/t17-,18+/m1/s1. The first-order chi connectivity index (χ1) is 14.2. The molecule has 3 heterocycles. The van der Waals surface area contributed by atoms with E-state index in [9.17, 15) is 4.39 Å². The third-order valence-corrected chi connectivity index (χ3v) is 5.90. The third-order valence-electron chi connectivity index (χ3n) is 5.90. The Hall–Kier alpha value is -2.93. The van der Waals surface area contributed by atoms with Gasteiger partial charge in [-0.05, 0) is 54.6 Å². The van der Waals surface area contributed by atoms with E-state index >= 15 is 0 Å². The second-order valence-corrected chi connectivity index (χ2v) is 7.86. The Kier molecular flexibility index (Phi) is 4.67. The maximum Gasteiger partial charge on any atom is 0.197 e. The van der Waals surface area contributed by atoms with Crippen molar-refractivity contribution in [3.63, 3.8) is 0 Å². The maximum atomic E-state index is 14.5. The summed E-state index contributed by atoms with van der Waals surface area (Å²) in [7, 11) is 2.11. The number of rotatable bonds is 4. The normalized spacial score (nSPS) is 21.9. The van der Waals surface area contributed by atoms with Crippen molar-refractivity contribution in [2.45, 2.75) is 18.3 Å². The van der Waals surface area contributed by atoms with Gasteiger partial charge in [0, 0.05) is 51.0 Å². The van der Waals surface area contributed by atoms with E-state index in [0.717, 1.165) is 43.9 Å². The van der Waals surface area contributed by atoms with E-state index in [-0.39, 0.29) is 5.82 Å². The van der Waals surface area contributed by atoms with Crippen molar-refractivity contribution >= 4 is 5.69 Å². The zero-order chi connectivity index (χ0) is 19.8. The Labute approximate surface area is 169 Å². The fraction of sp³-hybridized carbons (Fsp3) is 0.364. The summed E-state index contributed by atoms with van der Waals surface area (Å²) in [6.45, 7) is 3.65. The number of likely N-dealkylation sites (N-methyl/N-ethyl adjacent to an activating group) is 1. The van der Waals surface area contributed by atoms with Gasteiger partial charge >= 0.3 is 0 Å². The average molecular weight is 390 g/mol. The highest BCUT2D eigenvalue weighted by atomic mass is 19.1. The molecule has 0 spiro atoms. The van der Waals surface area contributed by atoms with Crippen molar-refractivity contribution in [2.75, 3.05) is 38.1 Å². The molecule has 1 saturated heterocycles. The van der Waals surface area contributed by atoms with Crippen LogP contribution in [0.2, 0.25) is 0 Å². The lowest BCUT2D eigenvalue weighted by molar-refractivity contribution is 0.311. The molecule has 0 N–H and O–H groups in total. The number of aromatic nitrogens is 4. The SMILES string of the molecule is CN1CCN(c2cc([C@H]3C[C@H]3c3cnc(-c4ncccn4)nc3)ccc2F)CC1. The van der Waals surface area contributed by atoms with Crippen LogP contribution in [0.25, 0.3) is 11.6 Å². The molecule has 2 aromatic heterocycles. The minimum Gasteiger partial charge on any atom is -0.367 e. The molecule has 1 saturated carbocycles. The van der Waals surface area contributed by atoms with Crippen molar-refractivity contribution in [3.05, 3.63) is 66.0 Å². The molecule has 2 atom stereocenters. The summed E-state index contributed by atoms with van der Waals surface area (Å²) in [6, 6.07) is 7.35. The average Bonchev–Trinajstić information content (AvgIpc) is 3.57. The van der Waals surface area contributed by atoms with Gasteiger partial charge in [0.05, 0.1) is 5.69 Å². The Morgan fingerprint density at radius 1 is 0.862 bits per heavy atom. The fourth-order valence-corrected chi connectivity index (χ4v) is 4.04. The van der Waals surface area contributed by atoms with Crippen LogP contribution in [-0.2, 0) is 0 Å². The highest BCUT2D eigenvalue weighted by Crippen LogP contribution is 2.54. The number of hydrogen-bond acceptors (Lipinski definition) is 6. The number of benzene rings is 1. The maximum absolute atomic E-state index is 14.5. The van der Waals surface area contributed by atoms with E-state index in [0.29, 0.717) is 23.5 Å². The first-order valence-electron chi connectivity index (χ1n) is 10.0. The summed E-state index contributed by atoms with van der Waals surface area (Å²) in [5.74, 6) is 1.70. The Morgan fingerprint density at radius 2 is 1.52 bits per heavy atom. The molecule has 0 unspecified atom stereocenters. The van der Waals surface area contributed by atoms with Crippen LogP contribution in [-0.4, -0.2) is 58.1 Å². The lowest BCUT2D eigenvalue weighted by Gasteiger charge is -2.34. The second-order valence-electron chi connectivity index (χ2n) is 7.86. The van der Waals surface area contributed by atoms with Gasteiger partial charge < -0.3 is 9.80 Å². The molecular weight excluding hydrogens is 367 g/mol. The van der Waals surface area contributed by atoms with Gasteiger partial charge in [-0.1, -0.05) is 6.07 Å². The fourth-order valence-electron chi connectivity index (χ4n) is 4.04. The summed E-state index contributed by atoms with van der Waals surface area (Å²) in [4.78, 5) is 21.7. The van der Waals surface area contributed by atoms with Crippen LogP contribution in [0.5, 0.6) is 0 Å². The van der Waals surface area contributed by atoms with Crippen molar-refractivity contribution < 1.29 is 4.39 Å². The Morgan fingerprint density at radius 3 is 2.24 bits per heavy atom. The van der Waals surface area contributed by atoms with Crippen molar-refractivity contribution in [2.24, 2.45) is 0 Å². The first kappa shape index (κ1) is 18.1. The molecule has 0 radical (unpaired) electrons. The van der Waals surface area contributed by atoms with E-state index in [2.05, 4.69) is 36.8 Å². The lowest BCUT2D eigenvalue weighted by atomic mass is 10.0. The van der Waals surface area contributed by atoms with Gasteiger partial charge in [-0.2, -0.15) is 0 Å². The van der Waals surface area contributed by atoms with Crippen LogP contribution in [0.3, 0.4) is 0 Å². The second kappa shape index (κ2) is 7.48. The zero-order valence-electron chi connectivity index (χ0n) is 16.4. The van der Waals surface area contributed by atoms with Crippen LogP contribution in [0.1, 0.15) is 29.4 Å². The smallest absolute Gasteiger partial charge is 0.197 e. The summed E-state index contributed by atoms with van der Waals surface area (Å²) < 4.78 is 14.5. The van der Waals surface area contributed by atoms with Gasteiger partial charge in [-0.15, -0.1) is 0 Å². The van der Waals surface area contributed by atoms with Crippen LogP contribution in [0.15, 0.2) is 49.1 Å². The molecule has 2 fully saturated rings. The van der Waals surface area contributed by atoms with Crippen molar-refractivity contribution in [1.29, 1.82) is 0 Å². The molecule has 0 bridgehead atoms. The summed E-state index contributed by atoms with van der Waals surface area (Å²) in [5.41, 5.74) is 3.04. The van der Waals surface area contributed by atoms with E-state index in [1.807, 2.05) is 24.5 Å². The predicted molar refractivity (Wildman–Crippen MR) is 109 cm³/mol. The molecule has 0 amide bonds. The highest BCUT2D eigenvalue weighted by Gasteiger charge is 2.40. The summed E-state index contributed by atoms with van der Waals surface area (Å²) in [6.07, 6.45) is 8.15. The molecule has 148 valence electrons. The Balaban J connectivity index is 1.32. The van der Waals surface area contributed by atoms with Gasteiger partial charge in [-0.3, -0.25) is 0 Å². The number of piperazine rings is 1. The molecule has 1 aliphatic heterocycles. The number of anilines is 1. The van der Waals surface area contributed by atoms with Gasteiger partial charge in [-0.25, -0.2) is 24.3 Å². The van der Waals surface area contributed by atoms with Crippen LogP contribution < -0.4 is 4.90 Å². The molecule has 7 heteroatoms. The number of nitrogens with zero attached hydrogens (tertiary/aromatic N) is 6. The minimum absolute atomic E-state index is 0.133. The van der Waals surface area contributed by atoms with Gasteiger partial charge in [0.2, 0.25) is 0 Å². The molecule has 5 rings (SSSR count). The number of halogens is 1. The largest absolute Gasteiger partial charge is 0.367 e. The van der Waals surface area contributed by atoms with Crippen molar-refractivity contribution in [1.82, 2.24) is 24.8 Å². The summed E-state index contributed by atoms with van der Waals surface area (Å²) >= 11 is 0. The molecule has 1 aliphatic carbocycles. The van der Waals surface area contributed by atoms with Gasteiger partial charge in [0.25, 0.3) is 0 Å². The molecule has 29 heavy (non-hydrogen) atoms. The molecule has 3 aromatic rings. The van der Waals surface area contributed by atoms with E-state index < -0.39 is 0 Å². The number of hydrogen-bond donors (Lipinski definition) is 0. The first-order valence-corrected chi connectivity index (χ1v) is 10.0. The molecule has 1 aromatic carbocycles. The predicted octanol–water partition coefficient (Wildman–Crippen LogP) is 3.10. The van der Waals surface area contributed by atoms with E-state index in [1.54, 1.807) is 24.5 Å². The van der Waals surface area contributed by atoms with E-state index in [4.69, 9.17) is 0 Å². The zero-order valence-corrected chi connectivity index (χ0v) is 16.4. The Bertz CT molecular complexity index is 986. The molecular formula is C22H23FN6. The monoisotopic (exact) mass is 390 g/mol. The quantitative estimate of drug-likeness (QED) is 0.682. The summed E-state index contributed by atoms with van der Waals surface area (Å²) in [5, 5.41) is 0. The van der Waals surface area contributed by atoms with Crippen LogP contribution in [0.4, 0.5) is 10.1 Å². The lowest BCUT2D eigenvalue weighted by Crippen LogP contribution is -2.44. The van der Waals surface area contributed by atoms with Gasteiger partial charge in [0.15, 0.2) is 11.6 Å². The van der Waals surface area contributed by atoms with E-state index in [1.165, 1.54) is 5.56 Å². The topological polar surface area (TPSA) is 58.0 Å². The van der Waals surface area contributed by atoms with Crippen LogP contribution >= 0.6 is 0 Å². The van der Waals surface area contributed by atoms with Crippen molar-refractivity contribution in [3.8, 4) is 11.6 Å².